The standard InChI is InChI=1S/C13H16N2O5/c1-15(2)9-5-3-4-8(6-9)12(18)14-10(13(19)20)7-11(16)17/h3-6,10H,7H2,1-2H3,(H,14,18)(H,16,17)(H,19,20)/t10-/m0/s1. The molecule has 0 saturated heterocycles. The number of carbonyl (C=O) groups is 3. The van der Waals surface area contributed by atoms with Crippen molar-refractivity contribution in [3.63, 3.8) is 0 Å². The fourth-order valence-corrected chi connectivity index (χ4v) is 1.54. The first-order chi connectivity index (χ1) is 9.31. The second-order valence-corrected chi connectivity index (χ2v) is 4.41. The number of aliphatic carboxylic acids is 2. The molecule has 0 heterocycles. The van der Waals surface area contributed by atoms with E-state index in [9.17, 15) is 14.4 Å². The number of rotatable bonds is 6. The van der Waals surface area contributed by atoms with Crippen LogP contribution in [-0.4, -0.2) is 48.2 Å². The van der Waals surface area contributed by atoms with Crippen LogP contribution in [0.2, 0.25) is 0 Å². The zero-order valence-electron chi connectivity index (χ0n) is 11.2. The molecule has 7 heteroatoms. The molecule has 0 bridgehead atoms. The van der Waals surface area contributed by atoms with Gasteiger partial charge in [-0.1, -0.05) is 6.07 Å². The number of hydrogen-bond acceptors (Lipinski definition) is 4. The summed E-state index contributed by atoms with van der Waals surface area (Å²) in [6.07, 6.45) is -0.672. The topological polar surface area (TPSA) is 107 Å². The van der Waals surface area contributed by atoms with Gasteiger partial charge in [0, 0.05) is 25.3 Å². The van der Waals surface area contributed by atoms with E-state index in [1.807, 2.05) is 14.1 Å². The summed E-state index contributed by atoms with van der Waals surface area (Å²) in [7, 11) is 3.61. The number of amides is 1. The molecule has 0 aliphatic rings. The van der Waals surface area contributed by atoms with Gasteiger partial charge in [0.1, 0.15) is 6.04 Å². The molecule has 0 fully saturated rings. The third kappa shape index (κ3) is 4.27. The number of carboxylic acid groups (broad SMARTS) is 2. The quantitative estimate of drug-likeness (QED) is 0.696. The molecule has 0 spiro atoms. The van der Waals surface area contributed by atoms with E-state index in [4.69, 9.17) is 10.2 Å². The minimum Gasteiger partial charge on any atom is -0.481 e. The van der Waals surface area contributed by atoms with Crippen LogP contribution in [0.3, 0.4) is 0 Å². The van der Waals surface area contributed by atoms with Crippen molar-refractivity contribution in [1.82, 2.24) is 5.32 Å². The van der Waals surface area contributed by atoms with Gasteiger partial charge >= 0.3 is 11.9 Å². The zero-order chi connectivity index (χ0) is 15.3. The molecule has 0 aromatic heterocycles. The summed E-state index contributed by atoms with van der Waals surface area (Å²) in [5.41, 5.74) is 1.05. The van der Waals surface area contributed by atoms with Crippen LogP contribution in [0.25, 0.3) is 0 Å². The molecule has 1 atom stereocenters. The number of nitrogens with one attached hydrogen (secondary N) is 1. The molecule has 3 N–H and O–H groups in total. The van der Waals surface area contributed by atoms with Gasteiger partial charge in [-0.2, -0.15) is 0 Å². The van der Waals surface area contributed by atoms with Crippen molar-refractivity contribution in [2.45, 2.75) is 12.5 Å². The largest absolute Gasteiger partial charge is 0.481 e. The molecule has 7 nitrogen and oxygen atoms in total. The molecule has 1 aromatic rings. The summed E-state index contributed by atoms with van der Waals surface area (Å²) in [5, 5.41) is 19.7. The Bertz CT molecular complexity index is 527. The fraction of sp³-hybridized carbons (Fsp3) is 0.308. The molecule has 0 radical (unpaired) electrons. The highest BCUT2D eigenvalue weighted by molar-refractivity contribution is 5.98. The Morgan fingerprint density at radius 2 is 1.90 bits per heavy atom. The van der Waals surface area contributed by atoms with Gasteiger partial charge in [-0.05, 0) is 18.2 Å². The van der Waals surface area contributed by atoms with Gasteiger partial charge in [-0.25, -0.2) is 4.79 Å². The normalized spacial score (nSPS) is 11.5. The van der Waals surface area contributed by atoms with Crippen molar-refractivity contribution in [2.24, 2.45) is 0 Å². The number of carbonyl (C=O) groups excluding carboxylic acids is 1. The first-order valence-electron chi connectivity index (χ1n) is 5.84. The van der Waals surface area contributed by atoms with Crippen molar-refractivity contribution < 1.29 is 24.6 Å². The highest BCUT2D eigenvalue weighted by Gasteiger charge is 2.23. The van der Waals surface area contributed by atoms with Gasteiger partial charge in [-0.3, -0.25) is 9.59 Å². The van der Waals surface area contributed by atoms with Crippen LogP contribution < -0.4 is 10.2 Å². The number of hydrogen-bond donors (Lipinski definition) is 3. The molecule has 1 aromatic carbocycles. The lowest BCUT2D eigenvalue weighted by Crippen LogP contribution is -2.42. The number of nitrogens with zero attached hydrogens (tertiary/aromatic N) is 1. The van der Waals surface area contributed by atoms with Crippen molar-refractivity contribution in [1.29, 1.82) is 0 Å². The van der Waals surface area contributed by atoms with Gasteiger partial charge < -0.3 is 20.4 Å². The molecule has 0 aliphatic carbocycles. The van der Waals surface area contributed by atoms with Gasteiger partial charge in [0.25, 0.3) is 5.91 Å². The zero-order valence-corrected chi connectivity index (χ0v) is 11.2. The molecule has 1 rings (SSSR count). The predicted octanol–water partition coefficient (Wildman–Crippen LogP) is 0.410. The minimum atomic E-state index is -1.46. The molecule has 20 heavy (non-hydrogen) atoms. The van der Waals surface area contributed by atoms with E-state index in [2.05, 4.69) is 5.32 Å². The Balaban J connectivity index is 2.86. The van der Waals surface area contributed by atoms with E-state index in [0.29, 0.717) is 0 Å². The van der Waals surface area contributed by atoms with Gasteiger partial charge in [0.15, 0.2) is 0 Å². The molecule has 1 amide bonds. The first-order valence-corrected chi connectivity index (χ1v) is 5.84. The van der Waals surface area contributed by atoms with Crippen molar-refractivity contribution >= 4 is 23.5 Å². The third-order valence-electron chi connectivity index (χ3n) is 2.61. The summed E-state index contributed by atoms with van der Waals surface area (Å²) < 4.78 is 0. The Kier molecular flexibility index (Phi) is 5.08. The monoisotopic (exact) mass is 280 g/mol. The Labute approximate surface area is 115 Å². The van der Waals surface area contributed by atoms with Crippen LogP contribution in [0.1, 0.15) is 16.8 Å². The van der Waals surface area contributed by atoms with Crippen LogP contribution in [0.15, 0.2) is 24.3 Å². The van der Waals surface area contributed by atoms with Crippen LogP contribution in [0.5, 0.6) is 0 Å². The molecular formula is C13H16N2O5. The minimum absolute atomic E-state index is 0.271. The smallest absolute Gasteiger partial charge is 0.326 e. The van der Waals surface area contributed by atoms with Crippen LogP contribution in [-0.2, 0) is 9.59 Å². The van der Waals surface area contributed by atoms with Crippen LogP contribution >= 0.6 is 0 Å². The van der Waals surface area contributed by atoms with Crippen molar-refractivity contribution in [3.05, 3.63) is 29.8 Å². The molecule has 0 unspecified atom stereocenters. The highest BCUT2D eigenvalue weighted by Crippen LogP contribution is 2.13. The molecule has 0 saturated carbocycles. The summed E-state index contributed by atoms with van der Waals surface area (Å²) in [6, 6.07) is 5.12. The summed E-state index contributed by atoms with van der Waals surface area (Å²) in [4.78, 5) is 35.2. The van der Waals surface area contributed by atoms with E-state index >= 15 is 0 Å². The lowest BCUT2D eigenvalue weighted by Gasteiger charge is -2.15. The number of anilines is 1. The number of carboxylic acids is 2. The summed E-state index contributed by atoms with van der Waals surface area (Å²) in [6.45, 7) is 0. The summed E-state index contributed by atoms with van der Waals surface area (Å²) in [5.74, 6) is -3.30. The highest BCUT2D eigenvalue weighted by atomic mass is 16.4. The lowest BCUT2D eigenvalue weighted by molar-refractivity contribution is -0.145. The molecule has 0 aliphatic heterocycles. The van der Waals surface area contributed by atoms with E-state index in [0.717, 1.165) is 5.69 Å². The van der Waals surface area contributed by atoms with Gasteiger partial charge in [0.05, 0.1) is 6.42 Å². The Morgan fingerprint density at radius 3 is 2.40 bits per heavy atom. The molecular weight excluding hydrogens is 264 g/mol. The van der Waals surface area contributed by atoms with Crippen LogP contribution in [0.4, 0.5) is 5.69 Å². The maximum atomic E-state index is 11.9. The fourth-order valence-electron chi connectivity index (χ4n) is 1.54. The van der Waals surface area contributed by atoms with Crippen molar-refractivity contribution in [2.75, 3.05) is 19.0 Å². The Hall–Kier alpha value is -2.57. The maximum Gasteiger partial charge on any atom is 0.326 e. The maximum absolute atomic E-state index is 11.9. The summed E-state index contributed by atoms with van der Waals surface area (Å²) >= 11 is 0. The van der Waals surface area contributed by atoms with Crippen LogP contribution in [0, 0.1) is 0 Å². The Morgan fingerprint density at radius 1 is 1.25 bits per heavy atom. The first kappa shape index (κ1) is 15.5. The van der Waals surface area contributed by atoms with E-state index in [-0.39, 0.29) is 5.56 Å². The van der Waals surface area contributed by atoms with E-state index in [1.54, 1.807) is 23.1 Å². The second kappa shape index (κ2) is 6.55. The predicted molar refractivity (Wildman–Crippen MR) is 71.9 cm³/mol. The SMILES string of the molecule is CN(C)c1cccc(C(=O)N[C@@H](CC(=O)O)C(=O)O)c1. The average Bonchev–Trinajstić information content (AvgIpc) is 2.37. The number of benzene rings is 1. The van der Waals surface area contributed by atoms with E-state index < -0.39 is 30.3 Å². The third-order valence-corrected chi connectivity index (χ3v) is 2.61. The van der Waals surface area contributed by atoms with E-state index in [1.165, 1.54) is 6.07 Å². The van der Waals surface area contributed by atoms with Crippen molar-refractivity contribution in [3.8, 4) is 0 Å². The second-order valence-electron chi connectivity index (χ2n) is 4.41. The van der Waals surface area contributed by atoms with Gasteiger partial charge in [-0.15, -0.1) is 0 Å². The molecule has 108 valence electrons. The van der Waals surface area contributed by atoms with Gasteiger partial charge in [0.2, 0.25) is 0 Å². The lowest BCUT2D eigenvalue weighted by atomic mass is 10.1. The average molecular weight is 280 g/mol.